The summed E-state index contributed by atoms with van der Waals surface area (Å²) in [6, 6.07) is 6.58. The molecule has 0 aliphatic rings. The standard InChI is InChI=1S/C13H19FN2O/c1-2-10(9-15)13(17)16-8-7-11-5-3-4-6-12(11)14/h3-6,10H,2,7-9,15H2,1H3,(H,16,17). The molecule has 0 aliphatic carbocycles. The van der Waals surface area contributed by atoms with Crippen LogP contribution in [-0.2, 0) is 11.2 Å². The molecular formula is C13H19FN2O. The second-order valence-electron chi connectivity index (χ2n) is 3.97. The largest absolute Gasteiger partial charge is 0.355 e. The van der Waals surface area contributed by atoms with Gasteiger partial charge in [0.1, 0.15) is 5.82 Å². The monoisotopic (exact) mass is 238 g/mol. The maximum absolute atomic E-state index is 13.3. The fourth-order valence-electron chi connectivity index (χ4n) is 1.62. The highest BCUT2D eigenvalue weighted by atomic mass is 19.1. The van der Waals surface area contributed by atoms with Gasteiger partial charge in [-0.15, -0.1) is 0 Å². The van der Waals surface area contributed by atoms with Crippen LogP contribution in [0.1, 0.15) is 18.9 Å². The molecule has 1 aromatic rings. The first-order valence-corrected chi connectivity index (χ1v) is 5.90. The molecule has 0 saturated carbocycles. The van der Waals surface area contributed by atoms with E-state index >= 15 is 0 Å². The minimum absolute atomic E-state index is 0.0497. The number of benzene rings is 1. The number of hydrogen-bond acceptors (Lipinski definition) is 2. The molecule has 1 atom stereocenters. The maximum atomic E-state index is 13.3. The number of nitrogens with one attached hydrogen (secondary N) is 1. The van der Waals surface area contributed by atoms with Crippen molar-refractivity contribution in [3.63, 3.8) is 0 Å². The molecule has 0 aromatic heterocycles. The lowest BCUT2D eigenvalue weighted by Crippen LogP contribution is -2.35. The summed E-state index contributed by atoms with van der Waals surface area (Å²) < 4.78 is 13.3. The number of carbonyl (C=O) groups excluding carboxylic acids is 1. The predicted octanol–water partition coefficient (Wildman–Crippen LogP) is 1.47. The number of amides is 1. The van der Waals surface area contributed by atoms with Crippen molar-refractivity contribution in [3.8, 4) is 0 Å². The summed E-state index contributed by atoms with van der Waals surface area (Å²) in [6.07, 6.45) is 1.22. The van der Waals surface area contributed by atoms with Gasteiger partial charge in [-0.3, -0.25) is 4.79 Å². The Morgan fingerprint density at radius 3 is 2.76 bits per heavy atom. The van der Waals surface area contributed by atoms with Gasteiger partial charge in [0.25, 0.3) is 0 Å². The summed E-state index contributed by atoms with van der Waals surface area (Å²) in [6.45, 7) is 2.71. The fourth-order valence-corrected chi connectivity index (χ4v) is 1.62. The predicted molar refractivity (Wildman–Crippen MR) is 65.9 cm³/mol. The topological polar surface area (TPSA) is 55.1 Å². The second kappa shape index (κ2) is 7.01. The molecule has 0 heterocycles. The van der Waals surface area contributed by atoms with Crippen LogP contribution >= 0.6 is 0 Å². The smallest absolute Gasteiger partial charge is 0.224 e. The van der Waals surface area contributed by atoms with E-state index in [1.807, 2.05) is 6.92 Å². The Bertz CT molecular complexity index is 364. The maximum Gasteiger partial charge on any atom is 0.224 e. The van der Waals surface area contributed by atoms with E-state index in [1.54, 1.807) is 18.2 Å². The Morgan fingerprint density at radius 2 is 2.18 bits per heavy atom. The molecule has 94 valence electrons. The zero-order valence-electron chi connectivity index (χ0n) is 10.1. The van der Waals surface area contributed by atoms with E-state index in [1.165, 1.54) is 6.07 Å². The first kappa shape index (κ1) is 13.6. The molecule has 0 fully saturated rings. The highest BCUT2D eigenvalue weighted by Gasteiger charge is 2.13. The molecule has 0 aliphatic heterocycles. The summed E-state index contributed by atoms with van der Waals surface area (Å²) in [5.41, 5.74) is 6.09. The minimum atomic E-state index is -0.229. The van der Waals surface area contributed by atoms with Gasteiger partial charge in [0.2, 0.25) is 5.91 Å². The van der Waals surface area contributed by atoms with Crippen molar-refractivity contribution in [3.05, 3.63) is 35.6 Å². The quantitative estimate of drug-likeness (QED) is 0.788. The zero-order valence-corrected chi connectivity index (χ0v) is 10.1. The van der Waals surface area contributed by atoms with Gasteiger partial charge in [0.15, 0.2) is 0 Å². The third kappa shape index (κ3) is 4.15. The van der Waals surface area contributed by atoms with Crippen molar-refractivity contribution in [1.29, 1.82) is 0 Å². The Morgan fingerprint density at radius 1 is 1.47 bits per heavy atom. The molecule has 17 heavy (non-hydrogen) atoms. The van der Waals surface area contributed by atoms with Crippen LogP contribution in [0, 0.1) is 11.7 Å². The molecule has 1 aromatic carbocycles. The van der Waals surface area contributed by atoms with Crippen molar-refractivity contribution >= 4 is 5.91 Å². The lowest BCUT2D eigenvalue weighted by Gasteiger charge is -2.12. The van der Waals surface area contributed by atoms with Crippen LogP contribution in [0.15, 0.2) is 24.3 Å². The van der Waals surface area contributed by atoms with Crippen molar-refractivity contribution in [2.75, 3.05) is 13.1 Å². The van der Waals surface area contributed by atoms with Gasteiger partial charge in [-0.1, -0.05) is 25.1 Å². The zero-order chi connectivity index (χ0) is 12.7. The van der Waals surface area contributed by atoms with Gasteiger partial charge in [0, 0.05) is 19.0 Å². The molecule has 3 N–H and O–H groups in total. The van der Waals surface area contributed by atoms with E-state index in [0.717, 1.165) is 6.42 Å². The van der Waals surface area contributed by atoms with E-state index in [-0.39, 0.29) is 17.6 Å². The molecule has 3 nitrogen and oxygen atoms in total. The van der Waals surface area contributed by atoms with Gasteiger partial charge >= 0.3 is 0 Å². The molecule has 0 radical (unpaired) electrons. The van der Waals surface area contributed by atoms with Crippen LogP contribution < -0.4 is 11.1 Å². The van der Waals surface area contributed by atoms with Crippen molar-refractivity contribution in [2.45, 2.75) is 19.8 Å². The third-order valence-electron chi connectivity index (χ3n) is 2.80. The van der Waals surface area contributed by atoms with Gasteiger partial charge < -0.3 is 11.1 Å². The Kier molecular flexibility index (Phi) is 5.63. The minimum Gasteiger partial charge on any atom is -0.355 e. The summed E-state index contributed by atoms with van der Waals surface area (Å²) in [5.74, 6) is -0.422. The number of halogens is 1. The molecule has 1 rings (SSSR count). The molecule has 1 amide bonds. The number of rotatable bonds is 6. The molecule has 0 spiro atoms. The van der Waals surface area contributed by atoms with Crippen molar-refractivity contribution in [1.82, 2.24) is 5.32 Å². The van der Waals surface area contributed by atoms with Crippen LogP contribution in [0.25, 0.3) is 0 Å². The SMILES string of the molecule is CCC(CN)C(=O)NCCc1ccccc1F. The van der Waals surface area contributed by atoms with Crippen molar-refractivity contribution in [2.24, 2.45) is 11.7 Å². The summed E-state index contributed by atoms with van der Waals surface area (Å²) in [7, 11) is 0. The molecule has 0 bridgehead atoms. The lowest BCUT2D eigenvalue weighted by molar-refractivity contribution is -0.124. The summed E-state index contributed by atoms with van der Waals surface area (Å²) >= 11 is 0. The van der Waals surface area contributed by atoms with Crippen LogP contribution in [0.5, 0.6) is 0 Å². The van der Waals surface area contributed by atoms with Crippen LogP contribution in [0.3, 0.4) is 0 Å². The van der Waals surface area contributed by atoms with E-state index < -0.39 is 0 Å². The normalized spacial score (nSPS) is 12.2. The van der Waals surface area contributed by atoms with Gasteiger partial charge in [-0.05, 0) is 24.5 Å². The molecular weight excluding hydrogens is 219 g/mol. The fraction of sp³-hybridized carbons (Fsp3) is 0.462. The van der Waals surface area contributed by atoms with Crippen LogP contribution in [0.4, 0.5) is 4.39 Å². The first-order valence-electron chi connectivity index (χ1n) is 5.90. The number of nitrogens with two attached hydrogens (primary N) is 1. The first-order chi connectivity index (χ1) is 8.19. The lowest BCUT2D eigenvalue weighted by atomic mass is 10.1. The molecule has 1 unspecified atom stereocenters. The van der Waals surface area contributed by atoms with Crippen molar-refractivity contribution < 1.29 is 9.18 Å². The molecule has 0 saturated heterocycles. The molecule has 4 heteroatoms. The Hall–Kier alpha value is -1.42. The second-order valence-corrected chi connectivity index (χ2v) is 3.97. The highest BCUT2D eigenvalue weighted by Crippen LogP contribution is 2.06. The van der Waals surface area contributed by atoms with Crippen LogP contribution in [-0.4, -0.2) is 19.0 Å². The average Bonchev–Trinajstić information content (AvgIpc) is 2.33. The number of hydrogen-bond donors (Lipinski definition) is 2. The highest BCUT2D eigenvalue weighted by molar-refractivity contribution is 5.78. The van der Waals surface area contributed by atoms with E-state index in [0.29, 0.717) is 25.1 Å². The van der Waals surface area contributed by atoms with E-state index in [4.69, 9.17) is 5.73 Å². The summed E-state index contributed by atoms with van der Waals surface area (Å²) in [5, 5.41) is 2.77. The van der Waals surface area contributed by atoms with Gasteiger partial charge in [-0.2, -0.15) is 0 Å². The Labute approximate surface area is 101 Å². The Balaban J connectivity index is 2.38. The van der Waals surface area contributed by atoms with Crippen LogP contribution in [0.2, 0.25) is 0 Å². The van der Waals surface area contributed by atoms with E-state index in [9.17, 15) is 9.18 Å². The number of carbonyl (C=O) groups is 1. The van der Waals surface area contributed by atoms with Gasteiger partial charge in [-0.25, -0.2) is 4.39 Å². The average molecular weight is 238 g/mol. The third-order valence-corrected chi connectivity index (χ3v) is 2.80. The summed E-state index contributed by atoms with van der Waals surface area (Å²) in [4.78, 5) is 11.6. The van der Waals surface area contributed by atoms with E-state index in [2.05, 4.69) is 5.32 Å². The van der Waals surface area contributed by atoms with Gasteiger partial charge in [0.05, 0.1) is 0 Å².